The van der Waals surface area contributed by atoms with Crippen LogP contribution in [-0.2, 0) is 9.94 Å². The molecule has 3 aromatic carbocycles. The Bertz CT molecular complexity index is 803. The van der Waals surface area contributed by atoms with E-state index in [0.29, 0.717) is 6.61 Å². The van der Waals surface area contributed by atoms with Crippen molar-refractivity contribution in [2.75, 3.05) is 6.61 Å². The average Bonchev–Trinajstić information content (AvgIpc) is 2.88. The quantitative estimate of drug-likeness (QED) is 0.124. The zero-order chi connectivity index (χ0) is 23.9. The maximum atomic E-state index is 8.74. The molecule has 0 heterocycles. The van der Waals surface area contributed by atoms with E-state index in [1.54, 1.807) is 0 Å². The molecule has 2 N–H and O–H groups in total. The van der Waals surface area contributed by atoms with Gasteiger partial charge in [0.1, 0.15) is 0 Å². The van der Waals surface area contributed by atoms with Gasteiger partial charge in [0.15, 0.2) is 0 Å². The van der Waals surface area contributed by atoms with Crippen molar-refractivity contribution >= 4 is 8.60 Å². The number of benzene rings is 3. The van der Waals surface area contributed by atoms with E-state index in [1.165, 1.54) is 61.6 Å². The van der Waals surface area contributed by atoms with Crippen LogP contribution >= 0.6 is 8.60 Å². The molecule has 0 aliphatic heterocycles. The van der Waals surface area contributed by atoms with Crippen molar-refractivity contribution in [3.05, 3.63) is 108 Å². The van der Waals surface area contributed by atoms with E-state index >= 15 is 0 Å². The van der Waals surface area contributed by atoms with Gasteiger partial charge in [0.2, 0.25) is 0 Å². The zero-order valence-corrected chi connectivity index (χ0v) is 21.1. The number of hydrogen-bond acceptors (Lipinski definition) is 3. The lowest BCUT2D eigenvalue weighted by atomic mass is 9.66. The van der Waals surface area contributed by atoms with Crippen molar-refractivity contribution < 1.29 is 14.3 Å². The highest BCUT2D eigenvalue weighted by Gasteiger charge is 2.35. The normalized spacial score (nSPS) is 11.7. The second kappa shape index (κ2) is 15.1. The lowest BCUT2D eigenvalue weighted by molar-refractivity contribution is 0.248. The van der Waals surface area contributed by atoms with Crippen LogP contribution in [0.4, 0.5) is 0 Å². The molecule has 0 aromatic heterocycles. The molecular weight excluding hydrogens is 439 g/mol. The van der Waals surface area contributed by atoms with Crippen LogP contribution < -0.4 is 0 Å². The molecule has 3 nitrogen and oxygen atoms in total. The van der Waals surface area contributed by atoms with Crippen LogP contribution in [0.1, 0.15) is 80.9 Å². The highest BCUT2D eigenvalue weighted by Crippen LogP contribution is 2.43. The Morgan fingerprint density at radius 3 is 1.24 bits per heavy atom. The van der Waals surface area contributed by atoms with Gasteiger partial charge in [-0.25, -0.2) is 0 Å². The summed E-state index contributed by atoms with van der Waals surface area (Å²) in [6, 6.07) is 33.0. The minimum absolute atomic E-state index is 0.130. The largest absolute Gasteiger partial charge is 0.328 e. The van der Waals surface area contributed by atoms with E-state index in [1.807, 2.05) is 0 Å². The van der Waals surface area contributed by atoms with Gasteiger partial charge in [0, 0.05) is 5.41 Å². The van der Waals surface area contributed by atoms with Gasteiger partial charge >= 0.3 is 8.60 Å². The molecule has 0 atom stereocenters. The zero-order valence-electron chi connectivity index (χ0n) is 20.2. The molecule has 3 aromatic rings. The van der Waals surface area contributed by atoms with Crippen LogP contribution in [0.3, 0.4) is 0 Å². The molecule has 34 heavy (non-hydrogen) atoms. The molecule has 0 bridgehead atoms. The fraction of sp³-hybridized carbons (Fsp3) is 0.400. The Hall–Kier alpha value is -2.03. The minimum atomic E-state index is -2.19. The smallest absolute Gasteiger partial charge is 0.327 e. The van der Waals surface area contributed by atoms with Crippen LogP contribution in [-0.4, -0.2) is 16.4 Å². The third kappa shape index (κ3) is 8.03. The van der Waals surface area contributed by atoms with Gasteiger partial charge in [0.25, 0.3) is 0 Å². The molecule has 0 fully saturated rings. The molecule has 0 aliphatic rings. The predicted octanol–water partition coefficient (Wildman–Crippen LogP) is 8.15. The molecule has 3 rings (SSSR count). The summed E-state index contributed by atoms with van der Waals surface area (Å²) in [7, 11) is -2.19. The van der Waals surface area contributed by atoms with Crippen molar-refractivity contribution in [1.29, 1.82) is 0 Å². The van der Waals surface area contributed by atoms with E-state index in [9.17, 15) is 0 Å². The first-order valence-electron chi connectivity index (χ1n) is 12.7. The maximum absolute atomic E-state index is 8.74. The molecule has 0 saturated carbocycles. The Labute approximate surface area is 206 Å². The molecule has 0 amide bonds. The van der Waals surface area contributed by atoms with Crippen LogP contribution in [0.2, 0.25) is 0 Å². The van der Waals surface area contributed by atoms with Gasteiger partial charge in [-0.3, -0.25) is 0 Å². The molecule has 0 radical (unpaired) electrons. The highest BCUT2D eigenvalue weighted by molar-refractivity contribution is 7.39. The summed E-state index contributed by atoms with van der Waals surface area (Å²) in [5.41, 5.74) is 3.97. The van der Waals surface area contributed by atoms with Crippen molar-refractivity contribution in [3.63, 3.8) is 0 Å². The SMILES string of the molecule is OP(O)OCCCCCCCCCCCC(c1ccccc1)(c1ccccc1)c1ccccc1. The summed E-state index contributed by atoms with van der Waals surface area (Å²) >= 11 is 0. The Kier molecular flexibility index (Phi) is 11.8. The van der Waals surface area contributed by atoms with Crippen molar-refractivity contribution in [1.82, 2.24) is 0 Å². The minimum Gasteiger partial charge on any atom is -0.328 e. The average molecular weight is 479 g/mol. The highest BCUT2D eigenvalue weighted by atomic mass is 31.2. The van der Waals surface area contributed by atoms with Crippen LogP contribution in [0.15, 0.2) is 91.0 Å². The lowest BCUT2D eigenvalue weighted by Crippen LogP contribution is -2.29. The van der Waals surface area contributed by atoms with Crippen molar-refractivity contribution in [2.24, 2.45) is 0 Å². The molecule has 0 saturated heterocycles. The Morgan fingerprint density at radius 1 is 0.500 bits per heavy atom. The first-order chi connectivity index (χ1) is 16.7. The summed E-state index contributed by atoms with van der Waals surface area (Å²) in [6.45, 7) is 0.449. The molecule has 182 valence electrons. The van der Waals surface area contributed by atoms with Gasteiger partial charge in [-0.15, -0.1) is 0 Å². The first kappa shape index (κ1) is 26.6. The Balaban J connectivity index is 1.55. The van der Waals surface area contributed by atoms with Crippen molar-refractivity contribution in [3.8, 4) is 0 Å². The summed E-state index contributed by atoms with van der Waals surface area (Å²) in [6.07, 6.45) is 11.8. The first-order valence-corrected chi connectivity index (χ1v) is 13.9. The van der Waals surface area contributed by atoms with Crippen LogP contribution in [0.5, 0.6) is 0 Å². The van der Waals surface area contributed by atoms with Gasteiger partial charge in [-0.1, -0.05) is 142 Å². The standard InChI is InChI=1S/C30H39O3P/c31-34(32)33-26-18-7-5-3-1-2-4-6-17-25-30(27-19-11-8-12-20-27,28-21-13-9-14-22-28)29-23-15-10-16-24-29/h8-16,19-24,31-32H,1-7,17-18,25-26H2. The molecule has 0 spiro atoms. The van der Waals surface area contributed by atoms with Gasteiger partial charge in [0.05, 0.1) is 6.61 Å². The summed E-state index contributed by atoms with van der Waals surface area (Å²) in [5, 5.41) is 0. The number of unbranched alkanes of at least 4 members (excludes halogenated alkanes) is 8. The van der Waals surface area contributed by atoms with E-state index in [4.69, 9.17) is 14.3 Å². The number of hydrogen-bond donors (Lipinski definition) is 2. The second-order valence-corrected chi connectivity index (χ2v) is 9.79. The lowest BCUT2D eigenvalue weighted by Gasteiger charge is -2.36. The fourth-order valence-electron chi connectivity index (χ4n) is 4.98. The Morgan fingerprint density at radius 2 is 0.853 bits per heavy atom. The monoisotopic (exact) mass is 478 g/mol. The van der Waals surface area contributed by atoms with Crippen LogP contribution in [0, 0.1) is 0 Å². The second-order valence-electron chi connectivity index (χ2n) is 9.02. The van der Waals surface area contributed by atoms with Crippen LogP contribution in [0.25, 0.3) is 0 Å². The van der Waals surface area contributed by atoms with E-state index in [0.717, 1.165) is 19.3 Å². The fourth-order valence-corrected chi connectivity index (χ4v) is 5.27. The number of rotatable bonds is 16. The summed E-state index contributed by atoms with van der Waals surface area (Å²) < 4.78 is 4.81. The maximum Gasteiger partial charge on any atom is 0.327 e. The van der Waals surface area contributed by atoms with Gasteiger partial charge in [-0.2, -0.15) is 0 Å². The van der Waals surface area contributed by atoms with E-state index < -0.39 is 8.60 Å². The van der Waals surface area contributed by atoms with Gasteiger partial charge < -0.3 is 14.3 Å². The summed E-state index contributed by atoms with van der Waals surface area (Å²) in [5.74, 6) is 0. The third-order valence-electron chi connectivity index (χ3n) is 6.70. The predicted molar refractivity (Wildman–Crippen MR) is 143 cm³/mol. The molecule has 4 heteroatoms. The summed E-state index contributed by atoms with van der Waals surface area (Å²) in [4.78, 5) is 17.5. The van der Waals surface area contributed by atoms with Crippen molar-refractivity contribution in [2.45, 2.75) is 69.6 Å². The van der Waals surface area contributed by atoms with Gasteiger partial charge in [-0.05, 0) is 29.5 Å². The topological polar surface area (TPSA) is 49.7 Å². The molecular formula is C30H39O3P. The molecule has 0 aliphatic carbocycles. The van der Waals surface area contributed by atoms with E-state index in [-0.39, 0.29) is 5.41 Å². The van der Waals surface area contributed by atoms with E-state index in [2.05, 4.69) is 91.0 Å². The third-order valence-corrected chi connectivity index (χ3v) is 7.12. The molecule has 0 unspecified atom stereocenters.